The molecular weight excluding hydrogens is 336 g/mol. The van der Waals surface area contributed by atoms with Crippen LogP contribution in [-0.2, 0) is 9.59 Å². The molecule has 0 spiro atoms. The fraction of sp³-hybridized carbons (Fsp3) is 0.100. The Morgan fingerprint density at radius 1 is 0.731 bits per heavy atom. The Bertz CT molecular complexity index is 639. The van der Waals surface area contributed by atoms with Gasteiger partial charge in [-0.25, -0.2) is 9.59 Å². The molecule has 26 heavy (non-hydrogen) atoms. The van der Waals surface area contributed by atoms with Crippen LogP contribution in [0.1, 0.15) is 0 Å². The molecule has 0 heterocycles. The third kappa shape index (κ3) is 9.57. The average Bonchev–Trinajstić information content (AvgIpc) is 2.69. The fourth-order valence-electron chi connectivity index (χ4n) is 1.57. The first-order valence-electron chi connectivity index (χ1n) is 7.37. The number of rotatable bonds is 5. The van der Waals surface area contributed by atoms with Gasteiger partial charge in [0.1, 0.15) is 11.5 Å². The van der Waals surface area contributed by atoms with Gasteiger partial charge in [-0.15, -0.1) is 0 Å². The number of aliphatic carboxylic acids is 2. The molecular formula is C20H22O6. The number of hydrogen-bond donors (Lipinski definition) is 2. The van der Waals surface area contributed by atoms with Crippen molar-refractivity contribution in [2.45, 2.75) is 0 Å². The lowest BCUT2D eigenvalue weighted by molar-refractivity contribution is -0.132. The highest BCUT2D eigenvalue weighted by atomic mass is 16.5. The Kier molecular flexibility index (Phi) is 11.1. The van der Waals surface area contributed by atoms with Gasteiger partial charge >= 0.3 is 11.9 Å². The number of hydrogen-bond acceptors (Lipinski definition) is 4. The van der Waals surface area contributed by atoms with Crippen LogP contribution < -0.4 is 9.47 Å². The van der Waals surface area contributed by atoms with E-state index in [1.165, 1.54) is 11.1 Å². The van der Waals surface area contributed by atoms with Crippen molar-refractivity contribution in [3.63, 3.8) is 0 Å². The maximum absolute atomic E-state index is 9.25. The molecule has 0 aliphatic carbocycles. The van der Waals surface area contributed by atoms with Gasteiger partial charge in [0.2, 0.25) is 0 Å². The SMILES string of the molecule is C=CC(=O)O.C=CC(=O)O.COc1ccc(-c2ccc(OC)cc2)cc1. The van der Waals surface area contributed by atoms with E-state index in [4.69, 9.17) is 19.7 Å². The van der Waals surface area contributed by atoms with Crippen LogP contribution in [0.25, 0.3) is 11.1 Å². The number of carboxylic acids is 2. The quantitative estimate of drug-likeness (QED) is 0.788. The van der Waals surface area contributed by atoms with Crippen LogP contribution in [0.4, 0.5) is 0 Å². The van der Waals surface area contributed by atoms with E-state index in [1.54, 1.807) is 14.2 Å². The lowest BCUT2D eigenvalue weighted by Gasteiger charge is -2.05. The van der Waals surface area contributed by atoms with Gasteiger partial charge in [-0.3, -0.25) is 0 Å². The summed E-state index contributed by atoms with van der Waals surface area (Å²) >= 11 is 0. The van der Waals surface area contributed by atoms with Gasteiger partial charge in [-0.1, -0.05) is 37.4 Å². The van der Waals surface area contributed by atoms with Crippen molar-refractivity contribution in [1.82, 2.24) is 0 Å². The summed E-state index contributed by atoms with van der Waals surface area (Å²) in [5.74, 6) is -0.218. The molecule has 138 valence electrons. The summed E-state index contributed by atoms with van der Waals surface area (Å²) in [5, 5.41) is 15.2. The minimum Gasteiger partial charge on any atom is -0.497 e. The van der Waals surface area contributed by atoms with Crippen LogP contribution in [0.2, 0.25) is 0 Å². The van der Waals surface area contributed by atoms with Gasteiger partial charge in [0, 0.05) is 12.2 Å². The highest BCUT2D eigenvalue weighted by molar-refractivity contribution is 5.79. The monoisotopic (exact) mass is 358 g/mol. The third-order valence-electron chi connectivity index (χ3n) is 2.86. The van der Waals surface area contributed by atoms with E-state index in [0.717, 1.165) is 23.7 Å². The average molecular weight is 358 g/mol. The van der Waals surface area contributed by atoms with Crippen LogP contribution in [-0.4, -0.2) is 36.4 Å². The number of ether oxygens (including phenoxy) is 2. The predicted molar refractivity (Wildman–Crippen MR) is 101 cm³/mol. The number of benzene rings is 2. The summed E-state index contributed by atoms with van der Waals surface area (Å²) in [7, 11) is 3.34. The molecule has 0 amide bonds. The van der Waals surface area contributed by atoms with Gasteiger partial charge in [0.15, 0.2) is 0 Å². The highest BCUT2D eigenvalue weighted by Crippen LogP contribution is 2.24. The maximum atomic E-state index is 9.25. The highest BCUT2D eigenvalue weighted by Gasteiger charge is 1.98. The topological polar surface area (TPSA) is 93.1 Å². The van der Waals surface area contributed by atoms with Crippen LogP contribution in [0.15, 0.2) is 73.8 Å². The largest absolute Gasteiger partial charge is 0.497 e. The molecule has 2 N–H and O–H groups in total. The molecule has 0 radical (unpaired) electrons. The minimum absolute atomic E-state index is 0.833. The van der Waals surface area contributed by atoms with Gasteiger partial charge in [0.05, 0.1) is 14.2 Å². The minimum atomic E-state index is -0.981. The van der Waals surface area contributed by atoms with Crippen molar-refractivity contribution < 1.29 is 29.3 Å². The van der Waals surface area contributed by atoms with E-state index >= 15 is 0 Å². The molecule has 0 aliphatic heterocycles. The Morgan fingerprint density at radius 2 is 0.962 bits per heavy atom. The standard InChI is InChI=1S/C14H14O2.2C3H4O2/c1-15-13-7-3-11(4-8-13)12-5-9-14(16-2)10-6-12;2*1-2-3(4)5/h3-10H,1-2H3;2*2H,1H2,(H,4,5). The summed E-state index contributed by atoms with van der Waals surface area (Å²) in [6.07, 6.45) is 1.67. The number of methoxy groups -OCH3 is 2. The molecule has 2 aromatic carbocycles. The molecule has 0 saturated carbocycles. The normalized spacial score (nSPS) is 8.54. The van der Waals surface area contributed by atoms with E-state index in [2.05, 4.69) is 13.2 Å². The van der Waals surface area contributed by atoms with E-state index < -0.39 is 11.9 Å². The zero-order valence-electron chi connectivity index (χ0n) is 14.7. The van der Waals surface area contributed by atoms with Crippen LogP contribution in [0.3, 0.4) is 0 Å². The van der Waals surface area contributed by atoms with Gasteiger partial charge in [-0.2, -0.15) is 0 Å². The summed E-state index contributed by atoms with van der Waals surface area (Å²) in [5.41, 5.74) is 2.34. The summed E-state index contributed by atoms with van der Waals surface area (Å²) in [4.78, 5) is 18.5. The molecule has 0 aliphatic rings. The first-order valence-corrected chi connectivity index (χ1v) is 7.37. The van der Waals surface area contributed by atoms with Crippen molar-refractivity contribution in [3.05, 3.63) is 73.8 Å². The molecule has 2 aromatic rings. The van der Waals surface area contributed by atoms with Crippen LogP contribution >= 0.6 is 0 Å². The Labute approximate surface area is 152 Å². The molecule has 0 unspecified atom stereocenters. The molecule has 0 bridgehead atoms. The Balaban J connectivity index is 0.000000520. The van der Waals surface area contributed by atoms with E-state index in [9.17, 15) is 9.59 Å². The summed E-state index contributed by atoms with van der Waals surface area (Å²) in [6.45, 7) is 5.92. The molecule has 6 nitrogen and oxygen atoms in total. The van der Waals surface area contributed by atoms with Crippen LogP contribution in [0.5, 0.6) is 11.5 Å². The summed E-state index contributed by atoms with van der Waals surface area (Å²) in [6, 6.07) is 16.0. The Morgan fingerprint density at radius 3 is 1.12 bits per heavy atom. The van der Waals surface area contributed by atoms with E-state index in [0.29, 0.717) is 0 Å². The molecule has 0 aromatic heterocycles. The third-order valence-corrected chi connectivity index (χ3v) is 2.86. The maximum Gasteiger partial charge on any atom is 0.327 e. The second kappa shape index (κ2) is 12.8. The Hall–Kier alpha value is -3.54. The molecule has 0 atom stereocenters. The van der Waals surface area contributed by atoms with E-state index in [-0.39, 0.29) is 0 Å². The lowest BCUT2D eigenvalue weighted by Crippen LogP contribution is -1.84. The van der Waals surface area contributed by atoms with Crippen molar-refractivity contribution in [1.29, 1.82) is 0 Å². The number of carboxylic acid groups (broad SMARTS) is 2. The molecule has 2 rings (SSSR count). The molecule has 6 heteroatoms. The van der Waals surface area contributed by atoms with Crippen molar-refractivity contribution in [2.75, 3.05) is 14.2 Å². The molecule has 0 fully saturated rings. The zero-order chi connectivity index (χ0) is 19.9. The van der Waals surface area contributed by atoms with Crippen molar-refractivity contribution in [3.8, 4) is 22.6 Å². The van der Waals surface area contributed by atoms with E-state index in [1.807, 2.05) is 48.5 Å². The second-order valence-corrected chi connectivity index (χ2v) is 4.54. The smallest absolute Gasteiger partial charge is 0.327 e. The summed E-state index contributed by atoms with van der Waals surface area (Å²) < 4.78 is 10.2. The predicted octanol–water partition coefficient (Wildman–Crippen LogP) is 3.88. The fourth-order valence-corrected chi connectivity index (χ4v) is 1.57. The second-order valence-electron chi connectivity index (χ2n) is 4.54. The first kappa shape index (κ1) is 22.5. The van der Waals surface area contributed by atoms with Crippen molar-refractivity contribution in [2.24, 2.45) is 0 Å². The van der Waals surface area contributed by atoms with Crippen LogP contribution in [0, 0.1) is 0 Å². The lowest BCUT2D eigenvalue weighted by atomic mass is 10.1. The van der Waals surface area contributed by atoms with Gasteiger partial charge in [0.25, 0.3) is 0 Å². The number of carbonyl (C=O) groups is 2. The zero-order valence-corrected chi connectivity index (χ0v) is 14.7. The van der Waals surface area contributed by atoms with Crippen molar-refractivity contribution >= 4 is 11.9 Å². The van der Waals surface area contributed by atoms with Gasteiger partial charge in [-0.05, 0) is 35.4 Å². The first-order chi connectivity index (χ1) is 12.4. The molecule has 0 saturated heterocycles. The van der Waals surface area contributed by atoms with Gasteiger partial charge < -0.3 is 19.7 Å².